The van der Waals surface area contributed by atoms with E-state index in [0.29, 0.717) is 5.57 Å². The monoisotopic (exact) mass is 235 g/mol. The summed E-state index contributed by atoms with van der Waals surface area (Å²) < 4.78 is 0. The molecular formula is C13H17NOS. The number of primary amides is 1. The largest absolute Gasteiger partial charge is 0.366 e. The molecule has 86 valence electrons. The molecule has 0 atom stereocenters. The average Bonchev–Trinajstić information content (AvgIpc) is 2.63. The number of allylic oxidation sites excluding steroid dienone is 1. The van der Waals surface area contributed by atoms with Gasteiger partial charge in [-0.25, -0.2) is 0 Å². The van der Waals surface area contributed by atoms with Gasteiger partial charge in [0.25, 0.3) is 0 Å². The Morgan fingerprint density at radius 3 is 2.81 bits per heavy atom. The number of thiophene rings is 1. The number of unbranched alkanes of at least 4 members (excludes halogenated alkanes) is 1. The third-order valence-electron chi connectivity index (χ3n) is 2.25. The SMILES string of the molecule is CCC/C=C/C(=C\c1ccsc1C)C(N)=O. The van der Waals surface area contributed by atoms with Crippen LogP contribution in [-0.2, 0) is 4.79 Å². The van der Waals surface area contributed by atoms with Crippen LogP contribution >= 0.6 is 11.3 Å². The first-order chi connectivity index (χ1) is 7.65. The van der Waals surface area contributed by atoms with Gasteiger partial charge < -0.3 is 5.73 Å². The summed E-state index contributed by atoms with van der Waals surface area (Å²) in [7, 11) is 0. The molecule has 3 heteroatoms. The van der Waals surface area contributed by atoms with E-state index >= 15 is 0 Å². The number of amides is 1. The molecule has 1 heterocycles. The molecule has 1 aromatic rings. The minimum absolute atomic E-state index is 0.377. The van der Waals surface area contributed by atoms with E-state index in [1.165, 1.54) is 4.88 Å². The van der Waals surface area contributed by atoms with Gasteiger partial charge in [0.15, 0.2) is 0 Å². The number of hydrogen-bond donors (Lipinski definition) is 1. The zero-order chi connectivity index (χ0) is 12.0. The van der Waals surface area contributed by atoms with Crippen LogP contribution in [0.25, 0.3) is 6.08 Å². The lowest BCUT2D eigenvalue weighted by molar-refractivity contribution is -0.114. The van der Waals surface area contributed by atoms with Crippen molar-refractivity contribution in [2.24, 2.45) is 5.73 Å². The minimum Gasteiger partial charge on any atom is -0.366 e. The van der Waals surface area contributed by atoms with E-state index < -0.39 is 0 Å². The van der Waals surface area contributed by atoms with Crippen LogP contribution in [0.3, 0.4) is 0 Å². The quantitative estimate of drug-likeness (QED) is 0.617. The summed E-state index contributed by atoms with van der Waals surface area (Å²) in [6.45, 7) is 4.13. The molecule has 0 spiro atoms. The van der Waals surface area contributed by atoms with Crippen molar-refractivity contribution in [3.05, 3.63) is 39.6 Å². The highest BCUT2D eigenvalue weighted by molar-refractivity contribution is 7.10. The van der Waals surface area contributed by atoms with Crippen molar-refractivity contribution in [3.8, 4) is 0 Å². The molecule has 0 bridgehead atoms. The normalized spacial score (nSPS) is 12.2. The van der Waals surface area contributed by atoms with Crippen LogP contribution < -0.4 is 5.73 Å². The first-order valence-electron chi connectivity index (χ1n) is 5.37. The number of nitrogens with two attached hydrogens (primary N) is 1. The zero-order valence-electron chi connectivity index (χ0n) is 9.69. The molecule has 0 saturated heterocycles. The Hall–Kier alpha value is -1.35. The van der Waals surface area contributed by atoms with Crippen molar-refractivity contribution in [1.82, 2.24) is 0 Å². The summed E-state index contributed by atoms with van der Waals surface area (Å²) in [5, 5.41) is 2.01. The van der Waals surface area contributed by atoms with Crippen LogP contribution in [0.5, 0.6) is 0 Å². The standard InChI is InChI=1S/C13H17NOS/c1-3-4-5-6-12(13(14)15)9-11-7-8-16-10(11)2/h5-9H,3-4H2,1-2H3,(H2,14,15)/b6-5+,12-9+. The van der Waals surface area contributed by atoms with Gasteiger partial charge in [0.2, 0.25) is 5.91 Å². The maximum absolute atomic E-state index is 11.2. The number of hydrogen-bond acceptors (Lipinski definition) is 2. The number of carbonyl (C=O) groups is 1. The molecular weight excluding hydrogens is 218 g/mol. The number of aryl methyl sites for hydroxylation is 1. The molecule has 0 fully saturated rings. The van der Waals surface area contributed by atoms with E-state index in [4.69, 9.17) is 5.73 Å². The van der Waals surface area contributed by atoms with Crippen LogP contribution in [0.1, 0.15) is 30.2 Å². The lowest BCUT2D eigenvalue weighted by Gasteiger charge is -1.97. The fourth-order valence-electron chi connectivity index (χ4n) is 1.29. The maximum Gasteiger partial charge on any atom is 0.248 e. The topological polar surface area (TPSA) is 43.1 Å². The van der Waals surface area contributed by atoms with E-state index in [0.717, 1.165) is 18.4 Å². The Kier molecular flexibility index (Phi) is 4.99. The second kappa shape index (κ2) is 6.28. The van der Waals surface area contributed by atoms with Gasteiger partial charge in [-0.2, -0.15) is 0 Å². The van der Waals surface area contributed by atoms with E-state index in [9.17, 15) is 4.79 Å². The first kappa shape index (κ1) is 12.7. The first-order valence-corrected chi connectivity index (χ1v) is 6.25. The molecule has 2 nitrogen and oxygen atoms in total. The molecule has 0 aliphatic heterocycles. The summed E-state index contributed by atoms with van der Waals surface area (Å²) in [6, 6.07) is 2.00. The Labute approximate surface area is 100 Å². The molecule has 1 aromatic heterocycles. The predicted octanol–water partition coefficient (Wildman–Crippen LogP) is 3.28. The zero-order valence-corrected chi connectivity index (χ0v) is 10.5. The molecule has 0 unspecified atom stereocenters. The van der Waals surface area contributed by atoms with Crippen molar-refractivity contribution >= 4 is 23.3 Å². The number of rotatable bonds is 5. The van der Waals surface area contributed by atoms with Gasteiger partial charge in [-0.05, 0) is 36.4 Å². The smallest absolute Gasteiger partial charge is 0.248 e. The highest BCUT2D eigenvalue weighted by Gasteiger charge is 2.02. The molecule has 1 amide bonds. The molecule has 0 aliphatic carbocycles. The Morgan fingerprint density at radius 2 is 2.31 bits per heavy atom. The number of carbonyl (C=O) groups excluding carboxylic acids is 1. The van der Waals surface area contributed by atoms with Gasteiger partial charge in [-0.3, -0.25) is 4.79 Å². The van der Waals surface area contributed by atoms with E-state index in [-0.39, 0.29) is 5.91 Å². The van der Waals surface area contributed by atoms with Crippen molar-refractivity contribution in [2.75, 3.05) is 0 Å². The Balaban J connectivity index is 2.90. The third-order valence-corrected chi connectivity index (χ3v) is 3.11. The van der Waals surface area contributed by atoms with Gasteiger partial charge >= 0.3 is 0 Å². The highest BCUT2D eigenvalue weighted by atomic mass is 32.1. The van der Waals surface area contributed by atoms with Gasteiger partial charge in [-0.15, -0.1) is 11.3 Å². The van der Waals surface area contributed by atoms with Crippen LogP contribution in [0, 0.1) is 6.92 Å². The Bertz CT molecular complexity index is 415. The summed E-state index contributed by atoms with van der Waals surface area (Å²) in [5.74, 6) is -0.377. The van der Waals surface area contributed by atoms with Gasteiger partial charge in [0.05, 0.1) is 0 Å². The summed E-state index contributed by atoms with van der Waals surface area (Å²) in [6.07, 6.45) is 7.68. The van der Waals surface area contributed by atoms with Gasteiger partial charge in [-0.1, -0.05) is 25.5 Å². The predicted molar refractivity (Wildman–Crippen MR) is 70.3 cm³/mol. The van der Waals surface area contributed by atoms with E-state index in [1.807, 2.05) is 36.6 Å². The minimum atomic E-state index is -0.377. The fourth-order valence-corrected chi connectivity index (χ4v) is 1.97. The Morgan fingerprint density at radius 1 is 1.56 bits per heavy atom. The molecule has 16 heavy (non-hydrogen) atoms. The molecule has 0 aromatic carbocycles. The van der Waals surface area contributed by atoms with Gasteiger partial charge in [0, 0.05) is 10.5 Å². The van der Waals surface area contributed by atoms with Crippen molar-refractivity contribution in [2.45, 2.75) is 26.7 Å². The van der Waals surface area contributed by atoms with Crippen LogP contribution in [0.15, 0.2) is 29.2 Å². The van der Waals surface area contributed by atoms with Crippen molar-refractivity contribution < 1.29 is 4.79 Å². The summed E-state index contributed by atoms with van der Waals surface area (Å²) in [4.78, 5) is 12.4. The second-order valence-corrected chi connectivity index (χ2v) is 4.71. The second-order valence-electron chi connectivity index (χ2n) is 3.59. The van der Waals surface area contributed by atoms with Crippen LogP contribution in [0.4, 0.5) is 0 Å². The molecule has 2 N–H and O–H groups in total. The van der Waals surface area contributed by atoms with Crippen molar-refractivity contribution in [1.29, 1.82) is 0 Å². The average molecular weight is 235 g/mol. The molecule has 0 saturated carbocycles. The highest BCUT2D eigenvalue weighted by Crippen LogP contribution is 2.18. The third kappa shape index (κ3) is 3.66. The fraction of sp³-hybridized carbons (Fsp3) is 0.308. The summed E-state index contributed by atoms with van der Waals surface area (Å²) >= 11 is 1.67. The van der Waals surface area contributed by atoms with Gasteiger partial charge in [0.1, 0.15) is 0 Å². The van der Waals surface area contributed by atoms with E-state index in [1.54, 1.807) is 11.3 Å². The van der Waals surface area contributed by atoms with Crippen molar-refractivity contribution in [3.63, 3.8) is 0 Å². The molecule has 0 radical (unpaired) electrons. The molecule has 1 rings (SSSR count). The van der Waals surface area contributed by atoms with Crippen LogP contribution in [-0.4, -0.2) is 5.91 Å². The lowest BCUT2D eigenvalue weighted by atomic mass is 10.1. The maximum atomic E-state index is 11.2. The van der Waals surface area contributed by atoms with E-state index in [2.05, 4.69) is 6.92 Å². The summed E-state index contributed by atoms with van der Waals surface area (Å²) in [5.41, 5.74) is 6.96. The van der Waals surface area contributed by atoms with Crippen LogP contribution in [0.2, 0.25) is 0 Å². The lowest BCUT2D eigenvalue weighted by Crippen LogP contribution is -2.12. The molecule has 0 aliphatic rings.